The zero-order valence-electron chi connectivity index (χ0n) is 14.8. The number of hydrogen-bond acceptors (Lipinski definition) is 3. The highest BCUT2D eigenvalue weighted by atomic mass is 35.5. The smallest absolute Gasteiger partial charge is 0.220 e. The number of nitrogens with two attached hydrogens (primary N) is 1. The van der Waals surface area contributed by atoms with Gasteiger partial charge in [-0.3, -0.25) is 4.79 Å². The van der Waals surface area contributed by atoms with E-state index in [2.05, 4.69) is 39.1 Å². The van der Waals surface area contributed by atoms with Gasteiger partial charge in [0, 0.05) is 31.4 Å². The first-order chi connectivity index (χ1) is 11.7. The second-order valence-electron chi connectivity index (χ2n) is 6.61. The van der Waals surface area contributed by atoms with E-state index in [0.717, 1.165) is 38.1 Å². The number of carbonyl (C=O) groups excluding carboxylic acids is 1. The number of rotatable bonds is 7. The number of amides is 1. The number of nitrogens with zero attached hydrogens (tertiary/aromatic N) is 2. The van der Waals surface area contributed by atoms with Gasteiger partial charge >= 0.3 is 0 Å². The molecule has 1 aromatic carbocycles. The van der Waals surface area contributed by atoms with Crippen molar-refractivity contribution in [3.63, 3.8) is 0 Å². The Bertz CT molecular complexity index is 663. The van der Waals surface area contributed by atoms with Crippen molar-refractivity contribution < 1.29 is 4.79 Å². The van der Waals surface area contributed by atoms with Crippen molar-refractivity contribution in [1.82, 2.24) is 14.9 Å². The van der Waals surface area contributed by atoms with Crippen LogP contribution in [0, 0.1) is 5.92 Å². The van der Waals surface area contributed by atoms with Gasteiger partial charge in [-0.15, -0.1) is 24.8 Å². The van der Waals surface area contributed by atoms with Gasteiger partial charge in [-0.05, 0) is 30.7 Å². The van der Waals surface area contributed by atoms with E-state index < -0.39 is 0 Å². The predicted octanol–water partition coefficient (Wildman–Crippen LogP) is 3.10. The van der Waals surface area contributed by atoms with Gasteiger partial charge in [0.15, 0.2) is 0 Å². The first kappa shape index (κ1) is 22.5. The standard InChI is InChI=1S/C19H26N4O.2ClH/c20-17-8-4-7-16(17)13-19(24)22-14-18-21-10-12-23(18)11-9-15-5-2-1-3-6-15;;/h1-3,5-6,10,12,16-17H,4,7-9,11,13-14,20H2,(H,22,24);2*1H/t16-,17+;;/m0../s1. The van der Waals surface area contributed by atoms with Gasteiger partial charge in [0.05, 0.1) is 6.54 Å². The molecule has 2 atom stereocenters. The SMILES string of the molecule is Cl.Cl.N[C@@H]1CCC[C@H]1CC(=O)NCc1nccn1CCc1ccccc1. The average molecular weight is 399 g/mol. The van der Waals surface area contributed by atoms with Crippen LogP contribution in [0.15, 0.2) is 42.7 Å². The summed E-state index contributed by atoms with van der Waals surface area (Å²) in [6.07, 6.45) is 8.50. The Morgan fingerprint density at radius 2 is 2.00 bits per heavy atom. The fourth-order valence-electron chi connectivity index (χ4n) is 3.41. The topological polar surface area (TPSA) is 72.9 Å². The molecule has 1 aliphatic rings. The third-order valence-corrected chi connectivity index (χ3v) is 4.90. The maximum absolute atomic E-state index is 12.1. The van der Waals surface area contributed by atoms with Crippen LogP contribution in [-0.4, -0.2) is 21.5 Å². The summed E-state index contributed by atoms with van der Waals surface area (Å²) in [5.74, 6) is 1.31. The number of benzene rings is 1. The molecule has 1 saturated carbocycles. The molecular formula is C19H28Cl2N4O. The highest BCUT2D eigenvalue weighted by molar-refractivity contribution is 5.85. The summed E-state index contributed by atoms with van der Waals surface area (Å²) in [4.78, 5) is 16.5. The molecule has 7 heteroatoms. The van der Waals surface area contributed by atoms with Crippen LogP contribution in [0.3, 0.4) is 0 Å². The van der Waals surface area contributed by atoms with Crippen molar-refractivity contribution >= 4 is 30.7 Å². The van der Waals surface area contributed by atoms with Crippen LogP contribution in [0.1, 0.15) is 37.1 Å². The molecule has 0 radical (unpaired) electrons. The minimum absolute atomic E-state index is 0. The molecule has 1 aromatic heterocycles. The molecule has 0 bridgehead atoms. The van der Waals surface area contributed by atoms with E-state index >= 15 is 0 Å². The first-order valence-electron chi connectivity index (χ1n) is 8.78. The van der Waals surface area contributed by atoms with Crippen LogP contribution in [0.25, 0.3) is 0 Å². The summed E-state index contributed by atoms with van der Waals surface area (Å²) in [7, 11) is 0. The Morgan fingerprint density at radius 3 is 2.69 bits per heavy atom. The molecule has 1 heterocycles. The number of carbonyl (C=O) groups is 1. The van der Waals surface area contributed by atoms with Crippen LogP contribution in [-0.2, 0) is 24.3 Å². The molecule has 0 spiro atoms. The molecule has 0 saturated heterocycles. The fourth-order valence-corrected chi connectivity index (χ4v) is 3.41. The third-order valence-electron chi connectivity index (χ3n) is 4.90. The van der Waals surface area contributed by atoms with Gasteiger partial charge in [0.1, 0.15) is 5.82 Å². The average Bonchev–Trinajstić information content (AvgIpc) is 3.21. The monoisotopic (exact) mass is 398 g/mol. The van der Waals surface area contributed by atoms with Gasteiger partial charge in [0.25, 0.3) is 0 Å². The molecule has 3 N–H and O–H groups in total. The number of aryl methyl sites for hydroxylation is 2. The third kappa shape index (κ3) is 6.31. The fraction of sp³-hybridized carbons (Fsp3) is 0.474. The molecular weight excluding hydrogens is 371 g/mol. The molecule has 26 heavy (non-hydrogen) atoms. The zero-order valence-corrected chi connectivity index (χ0v) is 16.5. The normalized spacial score (nSPS) is 18.7. The molecule has 1 amide bonds. The van der Waals surface area contributed by atoms with Crippen molar-refractivity contribution in [2.24, 2.45) is 11.7 Å². The van der Waals surface area contributed by atoms with Crippen molar-refractivity contribution in [3.05, 3.63) is 54.1 Å². The van der Waals surface area contributed by atoms with Crippen molar-refractivity contribution in [2.75, 3.05) is 0 Å². The predicted molar refractivity (Wildman–Crippen MR) is 109 cm³/mol. The largest absolute Gasteiger partial charge is 0.349 e. The number of hydrogen-bond donors (Lipinski definition) is 2. The minimum Gasteiger partial charge on any atom is -0.349 e. The highest BCUT2D eigenvalue weighted by Crippen LogP contribution is 2.26. The molecule has 3 rings (SSSR count). The highest BCUT2D eigenvalue weighted by Gasteiger charge is 2.25. The lowest BCUT2D eigenvalue weighted by atomic mass is 10.00. The summed E-state index contributed by atoms with van der Waals surface area (Å²) in [5.41, 5.74) is 7.34. The van der Waals surface area contributed by atoms with E-state index in [0.29, 0.717) is 18.9 Å². The zero-order chi connectivity index (χ0) is 16.8. The van der Waals surface area contributed by atoms with Crippen molar-refractivity contribution in [2.45, 2.75) is 51.2 Å². The molecule has 1 fully saturated rings. The van der Waals surface area contributed by atoms with E-state index in [-0.39, 0.29) is 36.8 Å². The summed E-state index contributed by atoms with van der Waals surface area (Å²) < 4.78 is 2.11. The van der Waals surface area contributed by atoms with Crippen molar-refractivity contribution in [1.29, 1.82) is 0 Å². The van der Waals surface area contributed by atoms with E-state index in [1.807, 2.05) is 12.3 Å². The molecule has 144 valence electrons. The minimum atomic E-state index is 0. The van der Waals surface area contributed by atoms with E-state index in [4.69, 9.17) is 5.73 Å². The summed E-state index contributed by atoms with van der Waals surface area (Å²) in [5, 5.41) is 2.99. The van der Waals surface area contributed by atoms with Crippen LogP contribution in [0.4, 0.5) is 0 Å². The molecule has 2 aromatic rings. The Balaban J connectivity index is 0.00000169. The maximum Gasteiger partial charge on any atom is 0.220 e. The van der Waals surface area contributed by atoms with Gasteiger partial charge in [-0.1, -0.05) is 36.8 Å². The number of aromatic nitrogens is 2. The van der Waals surface area contributed by atoms with Gasteiger partial charge < -0.3 is 15.6 Å². The Morgan fingerprint density at radius 1 is 1.23 bits per heavy atom. The second-order valence-corrected chi connectivity index (χ2v) is 6.61. The van der Waals surface area contributed by atoms with Crippen LogP contribution in [0.5, 0.6) is 0 Å². The molecule has 0 unspecified atom stereocenters. The van der Waals surface area contributed by atoms with E-state index in [9.17, 15) is 4.79 Å². The quantitative estimate of drug-likeness (QED) is 0.752. The molecule has 1 aliphatic carbocycles. The summed E-state index contributed by atoms with van der Waals surface area (Å²) in [6.45, 7) is 1.34. The van der Waals surface area contributed by atoms with E-state index in [1.54, 1.807) is 6.20 Å². The number of imidazole rings is 1. The number of halogens is 2. The van der Waals surface area contributed by atoms with Crippen LogP contribution < -0.4 is 11.1 Å². The maximum atomic E-state index is 12.1. The molecule has 5 nitrogen and oxygen atoms in total. The lowest BCUT2D eigenvalue weighted by Gasteiger charge is -2.15. The van der Waals surface area contributed by atoms with Crippen LogP contribution >= 0.6 is 24.8 Å². The van der Waals surface area contributed by atoms with E-state index in [1.165, 1.54) is 5.56 Å². The number of nitrogens with one attached hydrogen (secondary N) is 1. The lowest BCUT2D eigenvalue weighted by Crippen LogP contribution is -2.31. The Labute approximate surface area is 167 Å². The van der Waals surface area contributed by atoms with Gasteiger partial charge in [-0.25, -0.2) is 4.98 Å². The Hall–Kier alpha value is -1.56. The van der Waals surface area contributed by atoms with Crippen molar-refractivity contribution in [3.8, 4) is 0 Å². The molecule has 0 aliphatic heterocycles. The van der Waals surface area contributed by atoms with Gasteiger partial charge in [0.2, 0.25) is 5.91 Å². The van der Waals surface area contributed by atoms with Gasteiger partial charge in [-0.2, -0.15) is 0 Å². The lowest BCUT2D eigenvalue weighted by molar-refractivity contribution is -0.122. The second kappa shape index (κ2) is 11.2. The summed E-state index contributed by atoms with van der Waals surface area (Å²) in [6, 6.07) is 10.6. The van der Waals surface area contributed by atoms with Crippen LogP contribution in [0.2, 0.25) is 0 Å². The Kier molecular flexibility index (Phi) is 9.70. The first-order valence-corrected chi connectivity index (χ1v) is 8.78. The summed E-state index contributed by atoms with van der Waals surface area (Å²) >= 11 is 0.